The van der Waals surface area contributed by atoms with E-state index in [1.165, 1.54) is 0 Å². The Balaban J connectivity index is 1.90. The number of piperidine rings is 1. The summed E-state index contributed by atoms with van der Waals surface area (Å²) in [5.74, 6) is -1.52. The molecule has 1 aromatic rings. The highest BCUT2D eigenvalue weighted by atomic mass is 19.1. The second-order valence-electron chi connectivity index (χ2n) is 4.12. The highest BCUT2D eigenvalue weighted by Gasteiger charge is 2.18. The van der Waals surface area contributed by atoms with E-state index >= 15 is 0 Å². The summed E-state index contributed by atoms with van der Waals surface area (Å²) in [6.07, 6.45) is 0.784. The van der Waals surface area contributed by atoms with Gasteiger partial charge < -0.3 is 10.1 Å². The maximum absolute atomic E-state index is 13.3. The molecule has 0 radical (unpaired) electrons. The topological polar surface area (TPSA) is 50.4 Å². The lowest BCUT2D eigenvalue weighted by atomic mass is 10.1. The van der Waals surface area contributed by atoms with Crippen molar-refractivity contribution in [2.45, 2.75) is 18.9 Å². The van der Waals surface area contributed by atoms with Gasteiger partial charge in [0.15, 0.2) is 0 Å². The maximum Gasteiger partial charge on any atom is 0.412 e. The summed E-state index contributed by atoms with van der Waals surface area (Å²) in [7, 11) is 0. The molecule has 1 atom stereocenters. The van der Waals surface area contributed by atoms with Crippen LogP contribution in [-0.4, -0.2) is 25.3 Å². The van der Waals surface area contributed by atoms with Crippen LogP contribution in [0.3, 0.4) is 0 Å². The molecule has 0 bridgehead atoms. The van der Waals surface area contributed by atoms with Crippen LogP contribution >= 0.6 is 0 Å². The Hall–Kier alpha value is -1.69. The minimum Gasteiger partial charge on any atom is -0.445 e. The fraction of sp³-hybridized carbons (Fsp3) is 0.417. The molecule has 1 aromatic carbocycles. The zero-order valence-electron chi connectivity index (χ0n) is 9.71. The molecular formula is C12H14F2N2O2. The second-order valence-corrected chi connectivity index (χ2v) is 4.12. The Morgan fingerprint density at radius 3 is 2.94 bits per heavy atom. The van der Waals surface area contributed by atoms with E-state index in [0.29, 0.717) is 12.6 Å². The van der Waals surface area contributed by atoms with E-state index in [4.69, 9.17) is 4.74 Å². The van der Waals surface area contributed by atoms with Gasteiger partial charge in [-0.2, -0.15) is 0 Å². The Bertz CT molecular complexity index is 434. The van der Waals surface area contributed by atoms with Crippen molar-refractivity contribution in [3.8, 4) is 0 Å². The number of anilines is 1. The number of nitrogens with one attached hydrogen (secondary N) is 2. The molecule has 0 aliphatic carbocycles. The van der Waals surface area contributed by atoms with Crippen LogP contribution in [0.4, 0.5) is 19.3 Å². The van der Waals surface area contributed by atoms with Crippen LogP contribution in [0.5, 0.6) is 0 Å². The van der Waals surface area contributed by atoms with E-state index in [1.807, 2.05) is 0 Å². The number of rotatable bonds is 2. The molecule has 2 N–H and O–H groups in total. The largest absolute Gasteiger partial charge is 0.445 e. The quantitative estimate of drug-likeness (QED) is 0.853. The maximum atomic E-state index is 13.3. The summed E-state index contributed by atoms with van der Waals surface area (Å²) < 4.78 is 31.0. The van der Waals surface area contributed by atoms with Crippen molar-refractivity contribution in [3.63, 3.8) is 0 Å². The molecule has 6 heteroatoms. The summed E-state index contributed by atoms with van der Waals surface area (Å²) in [6, 6.07) is 2.93. The van der Waals surface area contributed by atoms with E-state index in [1.54, 1.807) is 0 Å². The van der Waals surface area contributed by atoms with Gasteiger partial charge in [-0.25, -0.2) is 13.6 Å². The molecule has 0 spiro atoms. The summed E-state index contributed by atoms with van der Waals surface area (Å²) in [5.41, 5.74) is -0.0924. The van der Waals surface area contributed by atoms with Crippen LogP contribution in [0.25, 0.3) is 0 Å². The summed E-state index contributed by atoms with van der Waals surface area (Å²) >= 11 is 0. The minimum absolute atomic E-state index is 0.0924. The second kappa shape index (κ2) is 5.77. The Kier molecular flexibility index (Phi) is 4.09. The van der Waals surface area contributed by atoms with Crippen molar-refractivity contribution in [2.75, 3.05) is 18.4 Å². The third kappa shape index (κ3) is 3.40. The molecule has 2 rings (SSSR count). The standard InChI is InChI=1S/C12H14F2N2O2/c13-8-3-4-11(10(14)6-8)16-12(17)18-9-2-1-5-15-7-9/h3-4,6,9,15H,1-2,5,7H2,(H,16,17). The van der Waals surface area contributed by atoms with Crippen LogP contribution in [0.1, 0.15) is 12.8 Å². The van der Waals surface area contributed by atoms with Crippen molar-refractivity contribution in [2.24, 2.45) is 0 Å². The van der Waals surface area contributed by atoms with Gasteiger partial charge in [0.1, 0.15) is 17.7 Å². The molecule has 1 amide bonds. The number of amides is 1. The van der Waals surface area contributed by atoms with Crippen LogP contribution in [0, 0.1) is 11.6 Å². The van der Waals surface area contributed by atoms with Gasteiger partial charge in [-0.15, -0.1) is 0 Å². The highest BCUT2D eigenvalue weighted by molar-refractivity contribution is 5.84. The van der Waals surface area contributed by atoms with Crippen LogP contribution in [0.2, 0.25) is 0 Å². The lowest BCUT2D eigenvalue weighted by Gasteiger charge is -2.22. The predicted octanol–water partition coefficient (Wildman–Crippen LogP) is 2.27. The fourth-order valence-electron chi connectivity index (χ4n) is 1.80. The van der Waals surface area contributed by atoms with Crippen molar-refractivity contribution < 1.29 is 18.3 Å². The monoisotopic (exact) mass is 256 g/mol. The first kappa shape index (κ1) is 12.8. The lowest BCUT2D eigenvalue weighted by Crippen LogP contribution is -2.37. The van der Waals surface area contributed by atoms with E-state index < -0.39 is 17.7 Å². The summed E-state index contributed by atoms with van der Waals surface area (Å²) in [6.45, 7) is 1.51. The van der Waals surface area contributed by atoms with Gasteiger partial charge in [-0.1, -0.05) is 0 Å². The molecule has 1 unspecified atom stereocenters. The number of benzene rings is 1. The van der Waals surface area contributed by atoms with Gasteiger partial charge in [0, 0.05) is 12.6 Å². The highest BCUT2D eigenvalue weighted by Crippen LogP contribution is 2.16. The number of ether oxygens (including phenoxy) is 1. The Morgan fingerprint density at radius 1 is 1.44 bits per heavy atom. The fourth-order valence-corrected chi connectivity index (χ4v) is 1.80. The molecular weight excluding hydrogens is 242 g/mol. The molecule has 0 aromatic heterocycles. The summed E-state index contributed by atoms with van der Waals surface area (Å²) in [5, 5.41) is 5.35. The van der Waals surface area contributed by atoms with Gasteiger partial charge in [0.25, 0.3) is 0 Å². The smallest absolute Gasteiger partial charge is 0.412 e. The first-order chi connectivity index (χ1) is 8.65. The molecule has 1 saturated heterocycles. The van der Waals surface area contributed by atoms with Crippen molar-refractivity contribution in [1.29, 1.82) is 0 Å². The summed E-state index contributed by atoms with van der Waals surface area (Å²) in [4.78, 5) is 11.5. The normalized spacial score (nSPS) is 19.3. The molecule has 1 fully saturated rings. The molecule has 0 saturated carbocycles. The average molecular weight is 256 g/mol. The van der Waals surface area contributed by atoms with Crippen molar-refractivity contribution in [1.82, 2.24) is 5.32 Å². The lowest BCUT2D eigenvalue weighted by molar-refractivity contribution is 0.0940. The van der Waals surface area contributed by atoms with Gasteiger partial charge in [0.05, 0.1) is 5.69 Å². The third-order valence-electron chi connectivity index (χ3n) is 2.69. The minimum atomic E-state index is -0.825. The zero-order chi connectivity index (χ0) is 13.0. The molecule has 1 heterocycles. The SMILES string of the molecule is O=C(Nc1ccc(F)cc1F)OC1CCCNC1. The van der Waals surface area contributed by atoms with Gasteiger partial charge in [-0.3, -0.25) is 5.32 Å². The number of hydrogen-bond acceptors (Lipinski definition) is 3. The number of halogens is 2. The van der Waals surface area contributed by atoms with Crippen molar-refractivity contribution >= 4 is 11.8 Å². The molecule has 1 aliphatic heterocycles. The van der Waals surface area contributed by atoms with Crippen LogP contribution < -0.4 is 10.6 Å². The Morgan fingerprint density at radius 2 is 2.28 bits per heavy atom. The zero-order valence-corrected chi connectivity index (χ0v) is 9.71. The van der Waals surface area contributed by atoms with E-state index in [0.717, 1.165) is 31.5 Å². The average Bonchev–Trinajstić information content (AvgIpc) is 2.34. The first-order valence-electron chi connectivity index (χ1n) is 5.78. The molecule has 1 aliphatic rings. The molecule has 4 nitrogen and oxygen atoms in total. The van der Waals surface area contributed by atoms with E-state index in [9.17, 15) is 13.6 Å². The van der Waals surface area contributed by atoms with E-state index in [-0.39, 0.29) is 11.8 Å². The van der Waals surface area contributed by atoms with Crippen LogP contribution in [0.15, 0.2) is 18.2 Å². The number of carbonyl (C=O) groups excluding carboxylic acids is 1. The van der Waals surface area contributed by atoms with Gasteiger partial charge >= 0.3 is 6.09 Å². The molecule has 98 valence electrons. The van der Waals surface area contributed by atoms with Crippen LogP contribution in [-0.2, 0) is 4.74 Å². The molecule has 18 heavy (non-hydrogen) atoms. The predicted molar refractivity (Wildman–Crippen MR) is 62.4 cm³/mol. The number of hydrogen-bond donors (Lipinski definition) is 2. The van der Waals surface area contributed by atoms with Gasteiger partial charge in [0.2, 0.25) is 0 Å². The van der Waals surface area contributed by atoms with Gasteiger partial charge in [-0.05, 0) is 31.5 Å². The van der Waals surface area contributed by atoms with Crippen molar-refractivity contribution in [3.05, 3.63) is 29.8 Å². The third-order valence-corrected chi connectivity index (χ3v) is 2.69. The first-order valence-corrected chi connectivity index (χ1v) is 5.78. The Labute approximate surface area is 103 Å². The van der Waals surface area contributed by atoms with E-state index in [2.05, 4.69) is 10.6 Å². The number of carbonyl (C=O) groups is 1.